The highest BCUT2D eigenvalue weighted by molar-refractivity contribution is 5.91. The Bertz CT molecular complexity index is 819. The lowest BCUT2D eigenvalue weighted by Crippen LogP contribution is -2.56. The van der Waals surface area contributed by atoms with Gasteiger partial charge in [-0.3, -0.25) is 14.4 Å². The van der Waals surface area contributed by atoms with E-state index in [1.807, 2.05) is 6.92 Å². The average molecular weight is 452 g/mol. The molecule has 1 aromatic carbocycles. The van der Waals surface area contributed by atoms with Crippen LogP contribution in [0.2, 0.25) is 0 Å². The second-order valence-electron chi connectivity index (χ2n) is 8.13. The van der Waals surface area contributed by atoms with Crippen LogP contribution >= 0.6 is 0 Å². The summed E-state index contributed by atoms with van der Waals surface area (Å²) in [6.07, 6.45) is -0.568. The van der Waals surface area contributed by atoms with Crippen molar-refractivity contribution < 1.29 is 28.3 Å². The van der Waals surface area contributed by atoms with Crippen molar-refractivity contribution >= 4 is 17.7 Å². The summed E-state index contributed by atoms with van der Waals surface area (Å²) in [6, 6.07) is 6.43. The Hall–Kier alpha value is -2.81. The molecule has 1 aromatic rings. The molecule has 32 heavy (non-hydrogen) atoms. The molecule has 1 saturated heterocycles. The van der Waals surface area contributed by atoms with E-state index in [4.69, 9.17) is 0 Å². The number of aliphatic hydroxyl groups is 1. The normalized spacial score (nSPS) is 20.2. The molecule has 1 fully saturated rings. The van der Waals surface area contributed by atoms with Gasteiger partial charge in [0.05, 0.1) is 12.6 Å². The van der Waals surface area contributed by atoms with Gasteiger partial charge in [0.2, 0.25) is 11.8 Å². The first kappa shape index (κ1) is 25.5. The van der Waals surface area contributed by atoms with Crippen LogP contribution < -0.4 is 10.6 Å². The van der Waals surface area contributed by atoms with Crippen molar-refractivity contribution in [2.45, 2.75) is 57.2 Å². The van der Waals surface area contributed by atoms with Gasteiger partial charge in [-0.25, -0.2) is 8.78 Å². The Balaban J connectivity index is 2.25. The maximum Gasteiger partial charge on any atom is 0.267 e. The van der Waals surface area contributed by atoms with E-state index in [1.165, 1.54) is 6.08 Å². The number of nitrogens with one attached hydrogen (secondary N) is 2. The zero-order valence-electron chi connectivity index (χ0n) is 18.4. The zero-order valence-corrected chi connectivity index (χ0v) is 18.4. The summed E-state index contributed by atoms with van der Waals surface area (Å²) in [6.45, 7) is 6.08. The van der Waals surface area contributed by atoms with Gasteiger partial charge in [0.15, 0.2) is 6.10 Å². The second-order valence-corrected chi connectivity index (χ2v) is 8.13. The highest BCUT2D eigenvalue weighted by atomic mass is 19.3. The number of amides is 3. The molecule has 0 aromatic heterocycles. The molecule has 1 heterocycles. The van der Waals surface area contributed by atoms with E-state index in [-0.39, 0.29) is 24.8 Å². The van der Waals surface area contributed by atoms with Crippen LogP contribution in [0, 0.1) is 5.92 Å². The minimum Gasteiger partial charge on any atom is -0.381 e. The Labute approximate surface area is 186 Å². The number of benzene rings is 1. The van der Waals surface area contributed by atoms with Crippen molar-refractivity contribution in [3.8, 4) is 0 Å². The van der Waals surface area contributed by atoms with Crippen LogP contribution in [0.4, 0.5) is 8.78 Å². The number of aliphatic hydroxyl groups excluding tert-OH is 1. The zero-order chi connectivity index (χ0) is 23.9. The molecular formula is C23H31F2N3O4. The molecule has 7 nitrogen and oxygen atoms in total. The van der Waals surface area contributed by atoms with Crippen molar-refractivity contribution in [2.24, 2.45) is 5.92 Å². The largest absolute Gasteiger partial charge is 0.381 e. The van der Waals surface area contributed by atoms with Crippen LogP contribution in [0.5, 0.6) is 0 Å². The van der Waals surface area contributed by atoms with Gasteiger partial charge in [-0.1, -0.05) is 50.3 Å². The molecule has 2 rings (SSSR count). The van der Waals surface area contributed by atoms with Crippen LogP contribution in [0.15, 0.2) is 43.0 Å². The van der Waals surface area contributed by atoms with Crippen LogP contribution in [0.3, 0.4) is 0 Å². The summed E-state index contributed by atoms with van der Waals surface area (Å²) in [4.78, 5) is 38.6. The topological polar surface area (TPSA) is 98.7 Å². The molecule has 1 aliphatic rings. The third kappa shape index (κ3) is 6.59. The van der Waals surface area contributed by atoms with Gasteiger partial charge >= 0.3 is 0 Å². The summed E-state index contributed by atoms with van der Waals surface area (Å²) >= 11 is 0. The number of halogens is 2. The fourth-order valence-electron chi connectivity index (χ4n) is 3.54. The molecule has 9 heteroatoms. The van der Waals surface area contributed by atoms with Gasteiger partial charge in [0.25, 0.3) is 11.8 Å². The van der Waals surface area contributed by atoms with Crippen molar-refractivity contribution in [3.05, 3.63) is 48.6 Å². The highest BCUT2D eigenvalue weighted by Crippen LogP contribution is 2.33. The number of hydrogen-bond donors (Lipinski definition) is 3. The summed E-state index contributed by atoms with van der Waals surface area (Å²) in [5, 5.41) is 16.0. The van der Waals surface area contributed by atoms with Gasteiger partial charge in [-0.2, -0.15) is 0 Å². The van der Waals surface area contributed by atoms with E-state index in [1.54, 1.807) is 37.3 Å². The van der Waals surface area contributed by atoms with Crippen LogP contribution in [0.25, 0.3) is 0 Å². The summed E-state index contributed by atoms with van der Waals surface area (Å²) in [5.41, 5.74) is 0.751. The van der Waals surface area contributed by atoms with E-state index in [0.29, 0.717) is 11.3 Å². The van der Waals surface area contributed by atoms with E-state index in [2.05, 4.69) is 17.2 Å². The van der Waals surface area contributed by atoms with Gasteiger partial charge in [0, 0.05) is 18.9 Å². The lowest BCUT2D eigenvalue weighted by Gasteiger charge is -2.30. The predicted octanol–water partition coefficient (Wildman–Crippen LogP) is 1.66. The van der Waals surface area contributed by atoms with Crippen molar-refractivity contribution in [1.82, 2.24) is 15.5 Å². The molecule has 0 bridgehead atoms. The number of carbonyl (C=O) groups excluding carboxylic acids is 3. The van der Waals surface area contributed by atoms with Crippen LogP contribution in [0.1, 0.15) is 32.3 Å². The maximum absolute atomic E-state index is 14.1. The van der Waals surface area contributed by atoms with E-state index in [0.717, 1.165) is 5.56 Å². The second kappa shape index (κ2) is 11.2. The molecule has 0 saturated carbocycles. The van der Waals surface area contributed by atoms with E-state index >= 15 is 0 Å². The molecule has 1 aliphatic heterocycles. The van der Waals surface area contributed by atoms with Crippen molar-refractivity contribution in [2.75, 3.05) is 13.1 Å². The standard InChI is InChI=1S/C23H31F2N3O4/c1-4-11-26-21(31)18-13-23(24,25)14-28(18)22(32)19(29)17(27-20(30)15(3)5-2)12-16-9-7-6-8-10-16/h4,6-10,15,17-19,29H,1,5,11-14H2,2-3H3,(H,26,31)(H,27,30). The van der Waals surface area contributed by atoms with Crippen molar-refractivity contribution in [3.63, 3.8) is 0 Å². The molecular weight excluding hydrogens is 420 g/mol. The summed E-state index contributed by atoms with van der Waals surface area (Å²) in [7, 11) is 0. The molecule has 4 unspecified atom stereocenters. The Kier molecular flexibility index (Phi) is 8.89. The number of alkyl halides is 2. The Morgan fingerprint density at radius 1 is 1.31 bits per heavy atom. The first-order valence-corrected chi connectivity index (χ1v) is 10.7. The van der Waals surface area contributed by atoms with Gasteiger partial charge in [-0.05, 0) is 18.4 Å². The Morgan fingerprint density at radius 2 is 1.97 bits per heavy atom. The molecule has 0 spiro atoms. The first-order chi connectivity index (χ1) is 15.1. The molecule has 176 valence electrons. The number of hydrogen-bond acceptors (Lipinski definition) is 4. The number of likely N-dealkylation sites (tertiary alicyclic amines) is 1. The SMILES string of the molecule is C=CCNC(=O)C1CC(F)(F)CN1C(=O)C(O)C(Cc1ccccc1)NC(=O)C(C)CC. The van der Waals surface area contributed by atoms with E-state index < -0.39 is 48.9 Å². The molecule has 4 atom stereocenters. The monoisotopic (exact) mass is 451 g/mol. The fourth-order valence-corrected chi connectivity index (χ4v) is 3.54. The minimum atomic E-state index is -3.26. The average Bonchev–Trinajstić information content (AvgIpc) is 3.11. The van der Waals surface area contributed by atoms with Gasteiger partial charge in [-0.15, -0.1) is 6.58 Å². The Morgan fingerprint density at radius 3 is 2.56 bits per heavy atom. The summed E-state index contributed by atoms with van der Waals surface area (Å²) in [5.74, 6) is -5.74. The van der Waals surface area contributed by atoms with Gasteiger partial charge < -0.3 is 20.6 Å². The third-order valence-corrected chi connectivity index (χ3v) is 5.60. The number of nitrogens with zero attached hydrogens (tertiary/aromatic N) is 1. The number of carbonyl (C=O) groups is 3. The van der Waals surface area contributed by atoms with E-state index in [9.17, 15) is 28.3 Å². The lowest BCUT2D eigenvalue weighted by molar-refractivity contribution is -0.147. The highest BCUT2D eigenvalue weighted by Gasteiger charge is 2.51. The van der Waals surface area contributed by atoms with Crippen LogP contribution in [-0.2, 0) is 20.8 Å². The molecule has 3 amide bonds. The van der Waals surface area contributed by atoms with Crippen LogP contribution in [-0.4, -0.2) is 64.9 Å². The summed E-state index contributed by atoms with van der Waals surface area (Å²) < 4.78 is 28.2. The quantitative estimate of drug-likeness (QED) is 0.471. The smallest absolute Gasteiger partial charge is 0.267 e. The first-order valence-electron chi connectivity index (χ1n) is 10.7. The van der Waals surface area contributed by atoms with Crippen molar-refractivity contribution in [1.29, 1.82) is 0 Å². The van der Waals surface area contributed by atoms with Gasteiger partial charge in [0.1, 0.15) is 6.04 Å². The lowest BCUT2D eigenvalue weighted by atomic mass is 9.98. The maximum atomic E-state index is 14.1. The number of rotatable bonds is 10. The predicted molar refractivity (Wildman–Crippen MR) is 116 cm³/mol. The third-order valence-electron chi connectivity index (χ3n) is 5.60. The molecule has 0 aliphatic carbocycles. The fraction of sp³-hybridized carbons (Fsp3) is 0.522. The minimum absolute atomic E-state index is 0.0626. The molecule has 0 radical (unpaired) electrons. The molecule has 3 N–H and O–H groups in total.